The van der Waals surface area contributed by atoms with Gasteiger partial charge in [0.15, 0.2) is 11.2 Å². The van der Waals surface area contributed by atoms with Gasteiger partial charge in [-0.3, -0.25) is 19.1 Å². The molecule has 0 saturated carbocycles. The van der Waals surface area contributed by atoms with Gasteiger partial charge >= 0.3 is 5.69 Å². The van der Waals surface area contributed by atoms with Crippen molar-refractivity contribution in [3.63, 3.8) is 0 Å². The van der Waals surface area contributed by atoms with E-state index in [1.54, 1.807) is 16.7 Å². The van der Waals surface area contributed by atoms with Gasteiger partial charge in [-0.05, 0) is 42.7 Å². The SMILES string of the molecule is CCCCn1c(=O)[nH]c(=O)c2c1nc(CCC(=O)Nc1cc(-n3cccc3)ccc1F)n2CC(C)C. The van der Waals surface area contributed by atoms with Crippen LogP contribution in [0.15, 0.2) is 52.3 Å². The van der Waals surface area contributed by atoms with Gasteiger partial charge in [-0.1, -0.05) is 27.2 Å². The van der Waals surface area contributed by atoms with E-state index in [-0.39, 0.29) is 30.4 Å². The molecule has 0 unspecified atom stereocenters. The molecule has 0 radical (unpaired) electrons. The van der Waals surface area contributed by atoms with Crippen molar-refractivity contribution in [3.05, 3.63) is 75.2 Å². The quantitative estimate of drug-likeness (QED) is 0.349. The van der Waals surface area contributed by atoms with Crippen molar-refractivity contribution < 1.29 is 9.18 Å². The molecule has 0 spiro atoms. The molecule has 1 aromatic carbocycles. The molecule has 0 saturated heterocycles. The third-order valence-electron chi connectivity index (χ3n) is 5.95. The van der Waals surface area contributed by atoms with E-state index < -0.39 is 17.1 Å². The first-order valence-corrected chi connectivity index (χ1v) is 12.2. The van der Waals surface area contributed by atoms with Crippen LogP contribution in [0.3, 0.4) is 0 Å². The summed E-state index contributed by atoms with van der Waals surface area (Å²) in [5.41, 5.74) is 0.499. The number of nitrogens with one attached hydrogen (secondary N) is 2. The highest BCUT2D eigenvalue weighted by molar-refractivity contribution is 5.91. The van der Waals surface area contributed by atoms with Crippen LogP contribution in [-0.2, 0) is 24.3 Å². The first-order chi connectivity index (χ1) is 17.3. The Labute approximate surface area is 207 Å². The molecule has 0 aliphatic carbocycles. The van der Waals surface area contributed by atoms with Crippen molar-refractivity contribution >= 4 is 22.8 Å². The molecule has 0 atom stereocenters. The van der Waals surface area contributed by atoms with Crippen LogP contribution in [-0.4, -0.2) is 29.6 Å². The predicted octanol–water partition coefficient (Wildman–Crippen LogP) is 3.84. The van der Waals surface area contributed by atoms with Crippen LogP contribution in [0.2, 0.25) is 0 Å². The van der Waals surface area contributed by atoms with Gasteiger partial charge in [0.2, 0.25) is 5.91 Å². The molecule has 2 N–H and O–H groups in total. The van der Waals surface area contributed by atoms with E-state index >= 15 is 0 Å². The molecule has 10 heteroatoms. The molecule has 1 amide bonds. The van der Waals surface area contributed by atoms with Crippen LogP contribution in [0.4, 0.5) is 10.1 Å². The van der Waals surface area contributed by atoms with E-state index in [0.717, 1.165) is 18.5 Å². The summed E-state index contributed by atoms with van der Waals surface area (Å²) < 4.78 is 19.5. The number of hydrogen-bond acceptors (Lipinski definition) is 4. The predicted molar refractivity (Wildman–Crippen MR) is 137 cm³/mol. The van der Waals surface area contributed by atoms with Gasteiger partial charge in [0.25, 0.3) is 5.56 Å². The Hall–Kier alpha value is -3.95. The molecule has 0 aliphatic rings. The fourth-order valence-corrected chi connectivity index (χ4v) is 4.21. The van der Waals surface area contributed by atoms with Crippen molar-refractivity contribution in [1.82, 2.24) is 23.7 Å². The maximum Gasteiger partial charge on any atom is 0.330 e. The van der Waals surface area contributed by atoms with E-state index in [1.807, 2.05) is 49.9 Å². The number of aryl methyl sites for hydroxylation is 2. The lowest BCUT2D eigenvalue weighted by atomic mass is 10.2. The Balaban J connectivity index is 1.60. The molecule has 0 bridgehead atoms. The van der Waals surface area contributed by atoms with Crippen molar-refractivity contribution in [2.75, 3.05) is 5.32 Å². The molecule has 190 valence electrons. The van der Waals surface area contributed by atoms with Gasteiger partial charge in [-0.15, -0.1) is 0 Å². The van der Waals surface area contributed by atoms with Crippen molar-refractivity contribution in [2.45, 2.75) is 59.5 Å². The molecular formula is C26H31FN6O3. The van der Waals surface area contributed by atoms with E-state index in [2.05, 4.69) is 15.3 Å². The normalized spacial score (nSPS) is 11.5. The van der Waals surface area contributed by atoms with Crippen LogP contribution in [0.25, 0.3) is 16.9 Å². The lowest BCUT2D eigenvalue weighted by molar-refractivity contribution is -0.116. The topological polar surface area (TPSA) is 107 Å². The van der Waals surface area contributed by atoms with Gasteiger partial charge in [0.1, 0.15) is 11.6 Å². The Kier molecular flexibility index (Phi) is 7.52. The summed E-state index contributed by atoms with van der Waals surface area (Å²) in [7, 11) is 0. The number of imidazole rings is 1. The maximum atomic E-state index is 14.4. The fourth-order valence-electron chi connectivity index (χ4n) is 4.21. The first kappa shape index (κ1) is 25.2. The zero-order valence-electron chi connectivity index (χ0n) is 20.8. The second kappa shape index (κ2) is 10.8. The van der Waals surface area contributed by atoms with Crippen LogP contribution in [0.5, 0.6) is 0 Å². The van der Waals surface area contributed by atoms with E-state index in [9.17, 15) is 18.8 Å². The lowest BCUT2D eigenvalue weighted by Crippen LogP contribution is -2.31. The highest BCUT2D eigenvalue weighted by Gasteiger charge is 2.20. The molecular weight excluding hydrogens is 463 g/mol. The number of halogens is 1. The number of anilines is 1. The smallest absolute Gasteiger partial charge is 0.324 e. The van der Waals surface area contributed by atoms with Crippen molar-refractivity contribution in [2.24, 2.45) is 5.92 Å². The Morgan fingerprint density at radius 1 is 1.17 bits per heavy atom. The van der Waals surface area contributed by atoms with Crippen LogP contribution < -0.4 is 16.6 Å². The highest BCUT2D eigenvalue weighted by atomic mass is 19.1. The number of fused-ring (bicyclic) bond motifs is 1. The zero-order chi connectivity index (χ0) is 25.8. The Morgan fingerprint density at radius 3 is 2.61 bits per heavy atom. The monoisotopic (exact) mass is 494 g/mol. The summed E-state index contributed by atoms with van der Waals surface area (Å²) in [4.78, 5) is 45.0. The Bertz CT molecular complexity index is 1480. The summed E-state index contributed by atoms with van der Waals surface area (Å²) in [6.45, 7) is 7.01. The van der Waals surface area contributed by atoms with Crippen molar-refractivity contribution in [3.8, 4) is 5.69 Å². The number of carbonyl (C=O) groups excluding carboxylic acids is 1. The molecule has 4 rings (SSSR count). The number of H-pyrrole nitrogens is 1. The third-order valence-corrected chi connectivity index (χ3v) is 5.95. The average molecular weight is 495 g/mol. The van der Waals surface area contributed by atoms with Crippen LogP contribution in [0, 0.1) is 11.7 Å². The molecule has 36 heavy (non-hydrogen) atoms. The van der Waals surface area contributed by atoms with Gasteiger partial charge in [-0.25, -0.2) is 14.2 Å². The van der Waals surface area contributed by atoms with E-state index in [0.29, 0.717) is 30.1 Å². The van der Waals surface area contributed by atoms with Crippen LogP contribution in [0.1, 0.15) is 45.9 Å². The molecule has 9 nitrogen and oxygen atoms in total. The largest absolute Gasteiger partial charge is 0.330 e. The maximum absolute atomic E-state index is 14.4. The summed E-state index contributed by atoms with van der Waals surface area (Å²) in [6.07, 6.45) is 5.58. The average Bonchev–Trinajstić information content (AvgIpc) is 3.48. The molecule has 0 aliphatic heterocycles. The summed E-state index contributed by atoms with van der Waals surface area (Å²) in [6, 6.07) is 8.24. The minimum absolute atomic E-state index is 0.0334. The number of carbonyl (C=O) groups is 1. The minimum atomic E-state index is -0.530. The number of unbranched alkanes of at least 4 members (excludes halogenated alkanes) is 1. The number of rotatable bonds is 10. The number of benzene rings is 1. The number of hydrogen-bond donors (Lipinski definition) is 2. The summed E-state index contributed by atoms with van der Waals surface area (Å²) in [5.74, 6) is -0.163. The third kappa shape index (κ3) is 5.32. The molecule has 0 fully saturated rings. The van der Waals surface area contributed by atoms with Gasteiger partial charge in [0, 0.05) is 44.0 Å². The summed E-state index contributed by atoms with van der Waals surface area (Å²) in [5, 5.41) is 2.65. The first-order valence-electron chi connectivity index (χ1n) is 12.2. The second-order valence-corrected chi connectivity index (χ2v) is 9.27. The Morgan fingerprint density at radius 2 is 1.92 bits per heavy atom. The highest BCUT2D eigenvalue weighted by Crippen LogP contribution is 2.20. The molecule has 3 aromatic heterocycles. The van der Waals surface area contributed by atoms with E-state index in [4.69, 9.17) is 0 Å². The zero-order valence-corrected chi connectivity index (χ0v) is 20.8. The van der Waals surface area contributed by atoms with Gasteiger partial charge < -0.3 is 14.5 Å². The molecule has 3 heterocycles. The minimum Gasteiger partial charge on any atom is -0.324 e. The van der Waals surface area contributed by atoms with Gasteiger partial charge in [0.05, 0.1) is 5.69 Å². The molecule has 4 aromatic rings. The number of aromatic amines is 1. The lowest BCUT2D eigenvalue weighted by Gasteiger charge is -2.12. The van der Waals surface area contributed by atoms with Crippen LogP contribution >= 0.6 is 0 Å². The summed E-state index contributed by atoms with van der Waals surface area (Å²) >= 11 is 0. The number of nitrogens with zero attached hydrogens (tertiary/aromatic N) is 4. The fraction of sp³-hybridized carbons (Fsp3) is 0.385. The standard InChI is InChI=1S/C26H31FN6O3/c1-4-5-14-32-24-23(25(35)30-26(32)36)33(16-17(2)3)21(29-24)10-11-22(34)28-20-15-18(8-9-19(20)27)31-12-6-7-13-31/h6-9,12-13,15,17H,4-5,10-11,14,16H2,1-3H3,(H,28,34)(H,30,35,36). The van der Waals surface area contributed by atoms with Gasteiger partial charge in [-0.2, -0.15) is 0 Å². The number of amides is 1. The van der Waals surface area contributed by atoms with Crippen molar-refractivity contribution in [1.29, 1.82) is 0 Å². The number of aromatic nitrogens is 5. The second-order valence-electron chi connectivity index (χ2n) is 9.27. The van der Waals surface area contributed by atoms with E-state index in [1.165, 1.54) is 10.6 Å².